The third-order valence-electron chi connectivity index (χ3n) is 2.56. The normalized spacial score (nSPS) is 9.75. The van der Waals surface area contributed by atoms with Crippen LogP contribution >= 0.6 is 0 Å². The molecule has 0 atom stereocenters. The van der Waals surface area contributed by atoms with Crippen LogP contribution in [0.5, 0.6) is 0 Å². The zero-order valence-corrected chi connectivity index (χ0v) is 10.0. The fourth-order valence-corrected chi connectivity index (χ4v) is 1.63. The summed E-state index contributed by atoms with van der Waals surface area (Å²) in [6.45, 7) is 1.61. The first-order chi connectivity index (χ1) is 7.91. The fourth-order valence-electron chi connectivity index (χ4n) is 1.63. The molecule has 0 saturated carbocycles. The van der Waals surface area contributed by atoms with E-state index in [0.717, 1.165) is 38.8 Å². The predicted molar refractivity (Wildman–Crippen MR) is 65.1 cm³/mol. The highest BCUT2D eigenvalue weighted by atomic mass is 16.1. The summed E-state index contributed by atoms with van der Waals surface area (Å²) in [4.78, 5) is 19.9. The monoisotopic (exact) mass is 228 g/mol. The smallest absolute Gasteiger partial charge is 0.207 e. The second-order valence-corrected chi connectivity index (χ2v) is 3.97. The summed E-state index contributed by atoms with van der Waals surface area (Å²) >= 11 is 0. The van der Waals surface area contributed by atoms with Gasteiger partial charge in [0.05, 0.1) is 0 Å². The zero-order chi connectivity index (χ0) is 11.9. The van der Waals surface area contributed by atoms with Gasteiger partial charge in [0.15, 0.2) is 0 Å². The first kappa shape index (κ1) is 14.9. The van der Waals surface area contributed by atoms with Gasteiger partial charge in [0.25, 0.3) is 0 Å². The SMILES string of the molecule is O=CNCCCCCCCCCCNC=O. The van der Waals surface area contributed by atoms with Gasteiger partial charge in [0.2, 0.25) is 12.8 Å². The van der Waals surface area contributed by atoms with Gasteiger partial charge in [-0.2, -0.15) is 0 Å². The van der Waals surface area contributed by atoms with Crippen molar-refractivity contribution in [3.63, 3.8) is 0 Å². The Morgan fingerprint density at radius 2 is 0.875 bits per heavy atom. The van der Waals surface area contributed by atoms with Gasteiger partial charge in [-0.25, -0.2) is 0 Å². The average Bonchev–Trinajstić information content (AvgIpc) is 2.31. The summed E-state index contributed by atoms with van der Waals surface area (Å²) in [7, 11) is 0. The molecule has 16 heavy (non-hydrogen) atoms. The minimum Gasteiger partial charge on any atom is -0.359 e. The molecule has 0 unspecified atom stereocenters. The van der Waals surface area contributed by atoms with Crippen LogP contribution in [0, 0.1) is 0 Å². The van der Waals surface area contributed by atoms with E-state index in [1.54, 1.807) is 0 Å². The topological polar surface area (TPSA) is 58.2 Å². The molecule has 0 aliphatic rings. The highest BCUT2D eigenvalue weighted by Gasteiger charge is 1.92. The van der Waals surface area contributed by atoms with Gasteiger partial charge >= 0.3 is 0 Å². The van der Waals surface area contributed by atoms with Crippen LogP contribution in [0.2, 0.25) is 0 Å². The summed E-state index contributed by atoms with van der Waals surface area (Å²) in [5, 5.41) is 5.33. The average molecular weight is 228 g/mol. The molecule has 0 aromatic carbocycles. The van der Waals surface area contributed by atoms with Crippen LogP contribution in [0.3, 0.4) is 0 Å². The molecule has 2 amide bonds. The van der Waals surface area contributed by atoms with Gasteiger partial charge in [0.1, 0.15) is 0 Å². The van der Waals surface area contributed by atoms with Gasteiger partial charge < -0.3 is 10.6 Å². The van der Waals surface area contributed by atoms with Crippen molar-refractivity contribution in [3.8, 4) is 0 Å². The summed E-state index contributed by atoms with van der Waals surface area (Å²) in [6.07, 6.45) is 11.2. The summed E-state index contributed by atoms with van der Waals surface area (Å²) in [6, 6.07) is 0. The molecule has 0 aliphatic carbocycles. The van der Waals surface area contributed by atoms with Gasteiger partial charge in [-0.05, 0) is 12.8 Å². The largest absolute Gasteiger partial charge is 0.359 e. The molecule has 94 valence electrons. The molecule has 4 heteroatoms. The van der Waals surface area contributed by atoms with Crippen LogP contribution in [-0.4, -0.2) is 25.9 Å². The molecule has 0 fully saturated rings. The maximum Gasteiger partial charge on any atom is 0.207 e. The van der Waals surface area contributed by atoms with Crippen LogP contribution in [0.25, 0.3) is 0 Å². The highest BCUT2D eigenvalue weighted by molar-refractivity contribution is 5.45. The lowest BCUT2D eigenvalue weighted by Gasteiger charge is -2.02. The summed E-state index contributed by atoms with van der Waals surface area (Å²) < 4.78 is 0. The van der Waals surface area contributed by atoms with Crippen LogP contribution in [-0.2, 0) is 9.59 Å². The Hall–Kier alpha value is -1.06. The number of hydrogen-bond acceptors (Lipinski definition) is 2. The second-order valence-electron chi connectivity index (χ2n) is 3.97. The third kappa shape index (κ3) is 12.9. The molecule has 0 radical (unpaired) electrons. The molecule has 0 aromatic rings. The van der Waals surface area contributed by atoms with E-state index < -0.39 is 0 Å². The Balaban J connectivity index is 2.87. The van der Waals surface area contributed by atoms with E-state index in [1.807, 2.05) is 0 Å². The van der Waals surface area contributed by atoms with Crippen molar-refractivity contribution in [1.82, 2.24) is 10.6 Å². The number of amides is 2. The van der Waals surface area contributed by atoms with Crippen LogP contribution in [0.1, 0.15) is 51.4 Å². The molecular formula is C12H24N2O2. The minimum absolute atomic E-state index is 0.757. The maximum atomic E-state index is 9.95. The van der Waals surface area contributed by atoms with Crippen molar-refractivity contribution in [3.05, 3.63) is 0 Å². The first-order valence-corrected chi connectivity index (χ1v) is 6.26. The lowest BCUT2D eigenvalue weighted by molar-refractivity contribution is -0.110. The molecule has 0 aliphatic heterocycles. The van der Waals surface area contributed by atoms with E-state index in [2.05, 4.69) is 10.6 Å². The lowest BCUT2D eigenvalue weighted by atomic mass is 10.1. The standard InChI is InChI=1S/C12H24N2O2/c15-11-13-9-7-5-3-1-2-4-6-8-10-14-12-16/h11-12H,1-10H2,(H,13,15)(H,14,16). The lowest BCUT2D eigenvalue weighted by Crippen LogP contribution is -2.11. The number of nitrogens with one attached hydrogen (secondary N) is 2. The molecule has 0 bridgehead atoms. The fraction of sp³-hybridized carbons (Fsp3) is 0.833. The molecule has 0 spiro atoms. The summed E-state index contributed by atoms with van der Waals surface area (Å²) in [5.41, 5.74) is 0. The molecule has 0 aromatic heterocycles. The molecule has 0 heterocycles. The highest BCUT2D eigenvalue weighted by Crippen LogP contribution is 2.07. The van der Waals surface area contributed by atoms with Crippen molar-refractivity contribution in [2.45, 2.75) is 51.4 Å². The number of rotatable bonds is 13. The van der Waals surface area contributed by atoms with Crippen molar-refractivity contribution in [2.75, 3.05) is 13.1 Å². The third-order valence-corrected chi connectivity index (χ3v) is 2.56. The Kier molecular flexibility index (Phi) is 13.0. The number of unbranched alkanes of at least 4 members (excludes halogenated alkanes) is 7. The predicted octanol–water partition coefficient (Wildman–Crippen LogP) is 1.60. The van der Waals surface area contributed by atoms with E-state index in [9.17, 15) is 9.59 Å². The second kappa shape index (κ2) is 13.9. The van der Waals surface area contributed by atoms with Crippen LogP contribution < -0.4 is 10.6 Å². The van der Waals surface area contributed by atoms with E-state index in [1.165, 1.54) is 38.5 Å². The van der Waals surface area contributed by atoms with Crippen LogP contribution in [0.4, 0.5) is 0 Å². The van der Waals surface area contributed by atoms with Gasteiger partial charge in [-0.15, -0.1) is 0 Å². The van der Waals surface area contributed by atoms with Crippen molar-refractivity contribution < 1.29 is 9.59 Å². The van der Waals surface area contributed by atoms with Crippen molar-refractivity contribution in [1.29, 1.82) is 0 Å². The summed E-state index contributed by atoms with van der Waals surface area (Å²) in [5.74, 6) is 0. The number of carbonyl (C=O) groups excluding carboxylic acids is 2. The van der Waals surface area contributed by atoms with E-state index in [4.69, 9.17) is 0 Å². The van der Waals surface area contributed by atoms with Crippen molar-refractivity contribution >= 4 is 12.8 Å². The van der Waals surface area contributed by atoms with Crippen LogP contribution in [0.15, 0.2) is 0 Å². The Morgan fingerprint density at radius 3 is 1.19 bits per heavy atom. The number of hydrogen-bond donors (Lipinski definition) is 2. The Labute approximate surface area is 98.2 Å². The zero-order valence-electron chi connectivity index (χ0n) is 10.0. The molecular weight excluding hydrogens is 204 g/mol. The molecule has 4 nitrogen and oxygen atoms in total. The van der Waals surface area contributed by atoms with Gasteiger partial charge in [-0.1, -0.05) is 38.5 Å². The molecule has 2 N–H and O–H groups in total. The van der Waals surface area contributed by atoms with Gasteiger partial charge in [-0.3, -0.25) is 9.59 Å². The van der Waals surface area contributed by atoms with E-state index >= 15 is 0 Å². The minimum atomic E-state index is 0.757. The Bertz CT molecular complexity index is 145. The molecule has 0 saturated heterocycles. The van der Waals surface area contributed by atoms with Crippen molar-refractivity contribution in [2.24, 2.45) is 0 Å². The van der Waals surface area contributed by atoms with E-state index in [-0.39, 0.29) is 0 Å². The number of carbonyl (C=O) groups is 2. The maximum absolute atomic E-state index is 9.95. The Morgan fingerprint density at radius 1 is 0.562 bits per heavy atom. The van der Waals surface area contributed by atoms with E-state index in [0.29, 0.717) is 0 Å². The molecule has 0 rings (SSSR count). The van der Waals surface area contributed by atoms with Gasteiger partial charge in [0, 0.05) is 13.1 Å². The first-order valence-electron chi connectivity index (χ1n) is 6.26. The quantitative estimate of drug-likeness (QED) is 0.371.